The van der Waals surface area contributed by atoms with Gasteiger partial charge in [-0.05, 0) is 49.8 Å². The van der Waals surface area contributed by atoms with E-state index in [1.54, 1.807) is 0 Å². The van der Waals surface area contributed by atoms with Crippen molar-refractivity contribution in [2.75, 3.05) is 13.2 Å². The highest BCUT2D eigenvalue weighted by molar-refractivity contribution is 6.30. The third kappa shape index (κ3) is 3.09. The van der Waals surface area contributed by atoms with Gasteiger partial charge in [-0.2, -0.15) is 0 Å². The molecular formula is C17H21ClO3. The lowest BCUT2D eigenvalue weighted by molar-refractivity contribution is -0.159. The lowest BCUT2D eigenvalue weighted by atomic mass is 9.64. The fourth-order valence-corrected chi connectivity index (χ4v) is 3.28. The number of hydrogen-bond donors (Lipinski definition) is 0. The normalized spacial score (nSPS) is 24.1. The number of carbonyl (C=O) groups excluding carboxylic acids is 1. The third-order valence-corrected chi connectivity index (χ3v) is 4.92. The molecule has 2 fully saturated rings. The Hall–Kier alpha value is -1.06. The molecule has 0 aromatic heterocycles. The molecule has 0 amide bonds. The van der Waals surface area contributed by atoms with Crippen LogP contribution in [-0.4, -0.2) is 25.3 Å². The second-order valence-corrected chi connectivity index (χ2v) is 6.47. The number of hydrogen-bond acceptors (Lipinski definition) is 3. The number of halogens is 1. The Morgan fingerprint density at radius 2 is 2.00 bits per heavy atom. The molecule has 4 heteroatoms. The molecule has 2 aliphatic rings. The van der Waals surface area contributed by atoms with Crippen molar-refractivity contribution in [3.8, 4) is 0 Å². The van der Waals surface area contributed by atoms with Crippen molar-refractivity contribution in [2.24, 2.45) is 0 Å². The molecule has 114 valence electrons. The van der Waals surface area contributed by atoms with Gasteiger partial charge in [-0.3, -0.25) is 4.79 Å². The van der Waals surface area contributed by atoms with Crippen molar-refractivity contribution in [1.82, 2.24) is 0 Å². The second-order valence-electron chi connectivity index (χ2n) is 6.03. The van der Waals surface area contributed by atoms with Crippen LogP contribution in [0.2, 0.25) is 5.02 Å². The molecule has 0 spiro atoms. The summed E-state index contributed by atoms with van der Waals surface area (Å²) in [7, 11) is 0. The maximum absolute atomic E-state index is 12.6. The minimum Gasteiger partial charge on any atom is -0.462 e. The van der Waals surface area contributed by atoms with E-state index in [4.69, 9.17) is 21.1 Å². The molecule has 3 nitrogen and oxygen atoms in total. The lowest BCUT2D eigenvalue weighted by Crippen LogP contribution is -2.44. The number of ether oxygens (including phenoxy) is 2. The predicted octanol–water partition coefficient (Wildman–Crippen LogP) is 3.87. The summed E-state index contributed by atoms with van der Waals surface area (Å²) < 4.78 is 11.2. The standard InChI is InChI=1S/C17H21ClO3/c18-14-7-5-13(6-8-14)17(9-3-10-17)16(19)21-12-15-4-1-2-11-20-15/h5-8,15H,1-4,9-12H2. The largest absolute Gasteiger partial charge is 0.462 e. The van der Waals surface area contributed by atoms with Crippen molar-refractivity contribution < 1.29 is 14.3 Å². The van der Waals surface area contributed by atoms with E-state index in [1.807, 2.05) is 24.3 Å². The summed E-state index contributed by atoms with van der Waals surface area (Å²) in [6.45, 7) is 1.17. The van der Waals surface area contributed by atoms with E-state index >= 15 is 0 Å². The molecule has 1 heterocycles. The molecule has 1 aliphatic carbocycles. The zero-order valence-corrected chi connectivity index (χ0v) is 12.9. The van der Waals surface area contributed by atoms with E-state index in [0.717, 1.165) is 50.7 Å². The van der Waals surface area contributed by atoms with Gasteiger partial charge in [0.2, 0.25) is 0 Å². The van der Waals surface area contributed by atoms with Gasteiger partial charge in [-0.1, -0.05) is 30.2 Å². The molecule has 0 bridgehead atoms. The van der Waals surface area contributed by atoms with E-state index in [0.29, 0.717) is 11.6 Å². The molecule has 1 aromatic rings. The van der Waals surface area contributed by atoms with E-state index in [9.17, 15) is 4.79 Å². The molecule has 0 radical (unpaired) electrons. The first-order valence-corrected chi connectivity index (χ1v) is 8.13. The number of esters is 1. The highest BCUT2D eigenvalue weighted by atomic mass is 35.5. The Labute approximate surface area is 130 Å². The van der Waals surface area contributed by atoms with Crippen LogP contribution >= 0.6 is 11.6 Å². The number of carbonyl (C=O) groups is 1. The lowest BCUT2D eigenvalue weighted by Gasteiger charge is -2.40. The monoisotopic (exact) mass is 308 g/mol. The fourth-order valence-electron chi connectivity index (χ4n) is 3.16. The summed E-state index contributed by atoms with van der Waals surface area (Å²) in [4.78, 5) is 12.6. The van der Waals surface area contributed by atoms with Gasteiger partial charge in [0.25, 0.3) is 0 Å². The summed E-state index contributed by atoms with van der Waals surface area (Å²) >= 11 is 5.93. The summed E-state index contributed by atoms with van der Waals surface area (Å²) in [6.07, 6.45) is 6.12. The molecule has 0 N–H and O–H groups in total. The van der Waals surface area contributed by atoms with Gasteiger partial charge in [0.05, 0.1) is 11.5 Å². The molecule has 1 saturated heterocycles. The van der Waals surface area contributed by atoms with Crippen molar-refractivity contribution >= 4 is 17.6 Å². The SMILES string of the molecule is O=C(OCC1CCCCO1)C1(c2ccc(Cl)cc2)CCC1. The fraction of sp³-hybridized carbons (Fsp3) is 0.588. The first-order chi connectivity index (χ1) is 10.2. The quantitative estimate of drug-likeness (QED) is 0.792. The van der Waals surface area contributed by atoms with Crippen molar-refractivity contribution in [3.05, 3.63) is 34.9 Å². The molecule has 1 saturated carbocycles. The van der Waals surface area contributed by atoms with Gasteiger partial charge in [-0.15, -0.1) is 0 Å². The van der Waals surface area contributed by atoms with Crippen LogP contribution in [0.5, 0.6) is 0 Å². The molecule has 1 aliphatic heterocycles. The minimum atomic E-state index is -0.459. The number of rotatable bonds is 4. The number of benzene rings is 1. The highest BCUT2D eigenvalue weighted by Crippen LogP contribution is 2.45. The zero-order chi connectivity index (χ0) is 14.7. The average Bonchev–Trinajstić information content (AvgIpc) is 2.47. The first kappa shape index (κ1) is 14.9. The molecule has 1 aromatic carbocycles. The second kappa shape index (κ2) is 6.37. The molecule has 21 heavy (non-hydrogen) atoms. The van der Waals surface area contributed by atoms with Crippen molar-refractivity contribution in [1.29, 1.82) is 0 Å². The Kier molecular flexibility index (Phi) is 4.51. The third-order valence-electron chi connectivity index (χ3n) is 4.67. The van der Waals surface area contributed by atoms with Crippen LogP contribution in [0.25, 0.3) is 0 Å². The zero-order valence-electron chi connectivity index (χ0n) is 12.1. The maximum atomic E-state index is 12.6. The predicted molar refractivity (Wildman–Crippen MR) is 81.5 cm³/mol. The van der Waals surface area contributed by atoms with E-state index < -0.39 is 5.41 Å². The molecule has 3 rings (SSSR count). The molecular weight excluding hydrogens is 288 g/mol. The summed E-state index contributed by atoms with van der Waals surface area (Å²) in [5.74, 6) is -0.106. The van der Waals surface area contributed by atoms with Gasteiger partial charge >= 0.3 is 5.97 Å². The first-order valence-electron chi connectivity index (χ1n) is 7.76. The Bertz CT molecular complexity index is 487. The van der Waals surface area contributed by atoms with Crippen molar-refractivity contribution in [3.63, 3.8) is 0 Å². The van der Waals surface area contributed by atoms with Gasteiger partial charge in [0.15, 0.2) is 0 Å². The summed E-state index contributed by atoms with van der Waals surface area (Å²) in [5, 5.41) is 0.692. The van der Waals surface area contributed by atoms with Gasteiger partial charge < -0.3 is 9.47 Å². The van der Waals surface area contributed by atoms with Crippen LogP contribution in [0.15, 0.2) is 24.3 Å². The Morgan fingerprint density at radius 1 is 1.24 bits per heavy atom. The highest BCUT2D eigenvalue weighted by Gasteiger charge is 2.47. The molecule has 1 atom stereocenters. The van der Waals surface area contributed by atoms with Gasteiger partial charge in [0.1, 0.15) is 6.61 Å². The van der Waals surface area contributed by atoms with E-state index in [2.05, 4.69) is 0 Å². The van der Waals surface area contributed by atoms with Gasteiger partial charge in [-0.25, -0.2) is 0 Å². The Morgan fingerprint density at radius 3 is 2.57 bits per heavy atom. The topological polar surface area (TPSA) is 35.5 Å². The van der Waals surface area contributed by atoms with Crippen LogP contribution < -0.4 is 0 Å². The van der Waals surface area contributed by atoms with Crippen LogP contribution in [-0.2, 0) is 19.7 Å². The van der Waals surface area contributed by atoms with E-state index in [-0.39, 0.29) is 12.1 Å². The van der Waals surface area contributed by atoms with Crippen LogP contribution in [0, 0.1) is 0 Å². The minimum absolute atomic E-state index is 0.0741. The van der Waals surface area contributed by atoms with E-state index in [1.165, 1.54) is 0 Å². The van der Waals surface area contributed by atoms with Crippen LogP contribution in [0.4, 0.5) is 0 Å². The maximum Gasteiger partial charge on any atom is 0.316 e. The smallest absolute Gasteiger partial charge is 0.316 e. The van der Waals surface area contributed by atoms with Crippen LogP contribution in [0.3, 0.4) is 0 Å². The van der Waals surface area contributed by atoms with Gasteiger partial charge in [0, 0.05) is 11.6 Å². The Balaban J connectivity index is 1.64. The molecule has 1 unspecified atom stereocenters. The van der Waals surface area contributed by atoms with Crippen molar-refractivity contribution in [2.45, 2.75) is 50.0 Å². The summed E-state index contributed by atoms with van der Waals surface area (Å²) in [5.41, 5.74) is 0.562. The average molecular weight is 309 g/mol. The van der Waals surface area contributed by atoms with Crippen LogP contribution in [0.1, 0.15) is 44.1 Å². The summed E-state index contributed by atoms with van der Waals surface area (Å²) in [6, 6.07) is 7.57.